The maximum Gasteiger partial charge on any atom is 0.201 e. The van der Waals surface area contributed by atoms with Gasteiger partial charge in [-0.05, 0) is 80.1 Å². The highest BCUT2D eigenvalue weighted by molar-refractivity contribution is 5.66. The molecule has 0 saturated heterocycles. The van der Waals surface area contributed by atoms with E-state index in [2.05, 4.69) is 13.0 Å². The number of hydrogen-bond donors (Lipinski definition) is 0. The Balaban J connectivity index is 1.46. The Labute approximate surface area is 192 Å². The van der Waals surface area contributed by atoms with Crippen molar-refractivity contribution in [3.63, 3.8) is 0 Å². The van der Waals surface area contributed by atoms with Gasteiger partial charge in [-0.3, -0.25) is 0 Å². The van der Waals surface area contributed by atoms with Crippen molar-refractivity contribution in [3.8, 4) is 16.9 Å². The van der Waals surface area contributed by atoms with Gasteiger partial charge in [-0.15, -0.1) is 0 Å². The molecular formula is C27H30F4O2. The van der Waals surface area contributed by atoms with E-state index in [4.69, 9.17) is 9.47 Å². The largest absolute Gasteiger partial charge is 0.498 e. The second-order valence-corrected chi connectivity index (χ2v) is 9.11. The minimum Gasteiger partial charge on any atom is -0.498 e. The molecule has 2 nitrogen and oxygen atoms in total. The van der Waals surface area contributed by atoms with E-state index >= 15 is 4.39 Å². The van der Waals surface area contributed by atoms with Crippen molar-refractivity contribution in [3.05, 3.63) is 64.9 Å². The number of ether oxygens (including phenoxy) is 2. The van der Waals surface area contributed by atoms with Crippen LogP contribution in [0.3, 0.4) is 0 Å². The Morgan fingerprint density at radius 3 is 2.12 bits per heavy atom. The lowest BCUT2D eigenvalue weighted by Crippen LogP contribution is -2.26. The maximum absolute atomic E-state index is 15.0. The van der Waals surface area contributed by atoms with Gasteiger partial charge in [-0.25, -0.2) is 13.2 Å². The zero-order chi connectivity index (χ0) is 23.5. The highest BCUT2D eigenvalue weighted by atomic mass is 19.2. The molecule has 1 atom stereocenters. The summed E-state index contributed by atoms with van der Waals surface area (Å²) >= 11 is 0. The zero-order valence-corrected chi connectivity index (χ0v) is 19.1. The first-order chi connectivity index (χ1) is 15.9. The quantitative estimate of drug-likeness (QED) is 0.406. The first kappa shape index (κ1) is 23.7. The van der Waals surface area contributed by atoms with Gasteiger partial charge >= 0.3 is 0 Å². The standard InChI is InChI=1S/C27H30F4O2/c1-3-4-19-10-9-18(15-33-19)16-5-7-17(8-6-16)20-11-12-21(25(29)24(20)28)22-13-14-23(32-2)27(31)26(22)30/h10-14,16-18H,3-9,15H2,1-2H3. The third-order valence-electron chi connectivity index (χ3n) is 7.17. The molecule has 1 aliphatic heterocycles. The molecule has 1 heterocycles. The maximum atomic E-state index is 15.0. The summed E-state index contributed by atoms with van der Waals surface area (Å²) in [6.45, 7) is 2.88. The third kappa shape index (κ3) is 4.75. The zero-order valence-electron chi connectivity index (χ0n) is 19.1. The van der Waals surface area contributed by atoms with Crippen LogP contribution in [0.1, 0.15) is 63.4 Å². The first-order valence-corrected chi connectivity index (χ1v) is 11.8. The molecule has 1 fully saturated rings. The molecule has 6 heteroatoms. The van der Waals surface area contributed by atoms with Gasteiger partial charge in [0.15, 0.2) is 23.2 Å². The van der Waals surface area contributed by atoms with Crippen LogP contribution in [0, 0.1) is 35.1 Å². The van der Waals surface area contributed by atoms with Gasteiger partial charge in [0.05, 0.1) is 19.5 Å². The molecule has 1 unspecified atom stereocenters. The fourth-order valence-corrected chi connectivity index (χ4v) is 5.26. The molecule has 0 aromatic heterocycles. The summed E-state index contributed by atoms with van der Waals surface area (Å²) in [6.07, 6.45) is 8.70. The Morgan fingerprint density at radius 1 is 0.848 bits per heavy atom. The van der Waals surface area contributed by atoms with Gasteiger partial charge in [-0.1, -0.05) is 19.1 Å². The summed E-state index contributed by atoms with van der Waals surface area (Å²) in [5, 5.41) is 0. The van der Waals surface area contributed by atoms with Crippen molar-refractivity contribution in [1.29, 1.82) is 0 Å². The number of allylic oxidation sites excluding steroid dienone is 2. The molecule has 0 amide bonds. The van der Waals surface area contributed by atoms with Crippen LogP contribution in [0.4, 0.5) is 17.6 Å². The van der Waals surface area contributed by atoms with Crippen molar-refractivity contribution >= 4 is 0 Å². The molecule has 2 aliphatic rings. The van der Waals surface area contributed by atoms with Gasteiger partial charge in [-0.2, -0.15) is 4.39 Å². The minimum absolute atomic E-state index is 0.0852. The molecule has 0 bridgehead atoms. The number of halogens is 4. The van der Waals surface area contributed by atoms with E-state index in [-0.39, 0.29) is 22.8 Å². The molecule has 1 saturated carbocycles. The predicted octanol–water partition coefficient (Wildman–Crippen LogP) is 7.91. The minimum atomic E-state index is -1.26. The number of hydrogen-bond acceptors (Lipinski definition) is 2. The van der Waals surface area contributed by atoms with Crippen LogP contribution in [0.5, 0.6) is 5.75 Å². The topological polar surface area (TPSA) is 18.5 Å². The lowest BCUT2D eigenvalue weighted by Gasteiger charge is -2.35. The molecule has 0 radical (unpaired) electrons. The predicted molar refractivity (Wildman–Crippen MR) is 120 cm³/mol. The molecule has 2 aromatic carbocycles. The van der Waals surface area contributed by atoms with Crippen LogP contribution >= 0.6 is 0 Å². The number of methoxy groups -OCH3 is 1. The molecule has 0 spiro atoms. The summed E-state index contributed by atoms with van der Waals surface area (Å²) in [5.74, 6) is -2.88. The van der Waals surface area contributed by atoms with E-state index in [1.54, 1.807) is 0 Å². The summed E-state index contributed by atoms with van der Waals surface area (Å²) in [4.78, 5) is 0. The SMILES string of the molecule is CCCC1=CCC(C2CCC(c3ccc(-c4ccc(OC)c(F)c4F)c(F)c3F)CC2)CO1. The van der Waals surface area contributed by atoms with Gasteiger partial charge in [0.2, 0.25) is 5.82 Å². The third-order valence-corrected chi connectivity index (χ3v) is 7.17. The van der Waals surface area contributed by atoms with E-state index in [0.29, 0.717) is 17.4 Å². The summed E-state index contributed by atoms with van der Waals surface area (Å²) in [6, 6.07) is 5.27. The number of rotatable bonds is 6. The molecular weight excluding hydrogens is 432 g/mol. The highest BCUT2D eigenvalue weighted by Gasteiger charge is 2.32. The smallest absolute Gasteiger partial charge is 0.201 e. The fourth-order valence-electron chi connectivity index (χ4n) is 5.26. The molecule has 0 N–H and O–H groups in total. The van der Waals surface area contributed by atoms with Crippen LogP contribution in [0.2, 0.25) is 0 Å². The van der Waals surface area contributed by atoms with Crippen LogP contribution in [0.25, 0.3) is 11.1 Å². The number of benzene rings is 2. The van der Waals surface area contributed by atoms with Crippen LogP contribution < -0.4 is 4.74 Å². The molecule has 2 aromatic rings. The Hall–Kier alpha value is -2.50. The normalized spacial score (nSPS) is 23.1. The molecule has 4 rings (SSSR count). The van der Waals surface area contributed by atoms with E-state index < -0.39 is 23.3 Å². The second kappa shape index (κ2) is 10.2. The Morgan fingerprint density at radius 2 is 1.52 bits per heavy atom. The monoisotopic (exact) mass is 462 g/mol. The van der Waals surface area contributed by atoms with Gasteiger partial charge in [0.25, 0.3) is 0 Å². The summed E-state index contributed by atoms with van der Waals surface area (Å²) in [7, 11) is 1.21. The van der Waals surface area contributed by atoms with Crippen LogP contribution in [-0.2, 0) is 4.74 Å². The Kier molecular flexibility index (Phi) is 7.30. The Bertz CT molecular complexity index is 1030. The lowest BCUT2D eigenvalue weighted by molar-refractivity contribution is 0.0892. The summed E-state index contributed by atoms with van der Waals surface area (Å²) < 4.78 is 69.1. The average Bonchev–Trinajstić information content (AvgIpc) is 2.84. The van der Waals surface area contributed by atoms with E-state index in [1.807, 2.05) is 0 Å². The van der Waals surface area contributed by atoms with E-state index in [9.17, 15) is 13.2 Å². The average molecular weight is 463 g/mol. The van der Waals surface area contributed by atoms with Crippen molar-refractivity contribution in [1.82, 2.24) is 0 Å². The van der Waals surface area contributed by atoms with Crippen molar-refractivity contribution < 1.29 is 27.0 Å². The van der Waals surface area contributed by atoms with Gasteiger partial charge in [0, 0.05) is 17.5 Å². The fraction of sp³-hybridized carbons (Fsp3) is 0.481. The molecule has 1 aliphatic carbocycles. The van der Waals surface area contributed by atoms with Crippen molar-refractivity contribution in [2.45, 2.75) is 57.8 Å². The lowest BCUT2D eigenvalue weighted by atomic mass is 9.72. The van der Waals surface area contributed by atoms with E-state index in [1.165, 1.54) is 31.4 Å². The van der Waals surface area contributed by atoms with Crippen LogP contribution in [0.15, 0.2) is 36.1 Å². The first-order valence-electron chi connectivity index (χ1n) is 11.8. The second-order valence-electron chi connectivity index (χ2n) is 9.11. The van der Waals surface area contributed by atoms with Crippen LogP contribution in [-0.4, -0.2) is 13.7 Å². The van der Waals surface area contributed by atoms with Gasteiger partial charge < -0.3 is 9.47 Å². The summed E-state index contributed by atoms with van der Waals surface area (Å²) in [5.41, 5.74) is -0.306. The van der Waals surface area contributed by atoms with E-state index in [0.717, 1.165) is 57.3 Å². The van der Waals surface area contributed by atoms with Crippen molar-refractivity contribution in [2.75, 3.05) is 13.7 Å². The van der Waals surface area contributed by atoms with Gasteiger partial charge in [0.1, 0.15) is 0 Å². The molecule has 33 heavy (non-hydrogen) atoms. The van der Waals surface area contributed by atoms with Crippen molar-refractivity contribution in [2.24, 2.45) is 11.8 Å². The highest BCUT2D eigenvalue weighted by Crippen LogP contribution is 2.43. The molecule has 178 valence electrons.